The van der Waals surface area contributed by atoms with Crippen molar-refractivity contribution in [3.05, 3.63) is 29.3 Å². The van der Waals surface area contributed by atoms with Crippen molar-refractivity contribution < 1.29 is 9.90 Å². The first-order valence-electron chi connectivity index (χ1n) is 7.77. The summed E-state index contributed by atoms with van der Waals surface area (Å²) >= 11 is 1.79. The lowest BCUT2D eigenvalue weighted by Crippen LogP contribution is -2.48. The molecule has 1 saturated heterocycles. The average molecular weight is 318 g/mol. The van der Waals surface area contributed by atoms with E-state index in [9.17, 15) is 9.90 Å². The molecule has 0 amide bonds. The lowest BCUT2D eigenvalue weighted by molar-refractivity contribution is -0.135. The number of hydrogen-bond donors (Lipinski definition) is 1. The first-order chi connectivity index (χ1) is 10.5. The summed E-state index contributed by atoms with van der Waals surface area (Å²) in [5.74, 6) is 0.330. The van der Waals surface area contributed by atoms with E-state index in [2.05, 4.69) is 23.1 Å². The molecule has 0 saturated carbocycles. The molecule has 2 heterocycles. The fourth-order valence-corrected chi connectivity index (χ4v) is 4.09. The first-order valence-corrected chi connectivity index (χ1v) is 8.58. The lowest BCUT2D eigenvalue weighted by Gasteiger charge is -2.35. The highest BCUT2D eigenvalue weighted by molar-refractivity contribution is 7.18. The number of Topliss-reactive ketones (excluding diaryl/α,β-unsaturated/α-hetero) is 1. The van der Waals surface area contributed by atoms with Gasteiger partial charge < -0.3 is 5.11 Å². The van der Waals surface area contributed by atoms with Gasteiger partial charge in [0, 0.05) is 12.5 Å². The van der Waals surface area contributed by atoms with E-state index < -0.39 is 5.60 Å². The Bertz CT molecular complexity index is 639. The maximum atomic E-state index is 11.4. The third kappa shape index (κ3) is 3.21. The summed E-state index contributed by atoms with van der Waals surface area (Å²) in [5.41, 5.74) is -0.146. The standard InChI is InChI=1S/C17H22N2O2S/c1-12(20)17(2,21)11-19-9-7-13(8-10-19)16-18-14-5-3-4-6-15(14)22-16/h3-6,13,21H,7-11H2,1-2H3/t17-/m0/s1. The third-order valence-corrected chi connectivity index (χ3v) is 5.74. The molecule has 0 bridgehead atoms. The van der Waals surface area contributed by atoms with E-state index >= 15 is 0 Å². The van der Waals surface area contributed by atoms with Gasteiger partial charge in [-0.3, -0.25) is 9.69 Å². The van der Waals surface area contributed by atoms with Crippen molar-refractivity contribution in [1.29, 1.82) is 0 Å². The molecule has 1 aromatic heterocycles. The maximum Gasteiger partial charge on any atom is 0.162 e. The van der Waals surface area contributed by atoms with Crippen LogP contribution in [-0.2, 0) is 4.79 Å². The zero-order valence-corrected chi connectivity index (χ0v) is 13.9. The molecular weight excluding hydrogens is 296 g/mol. The van der Waals surface area contributed by atoms with Crippen LogP contribution in [-0.4, -0.2) is 46.0 Å². The highest BCUT2D eigenvalue weighted by Crippen LogP contribution is 2.34. The first kappa shape index (κ1) is 15.6. The van der Waals surface area contributed by atoms with Crippen LogP contribution >= 0.6 is 11.3 Å². The van der Waals surface area contributed by atoms with Crippen LogP contribution < -0.4 is 0 Å². The van der Waals surface area contributed by atoms with Gasteiger partial charge in [-0.25, -0.2) is 4.98 Å². The third-order valence-electron chi connectivity index (χ3n) is 4.54. The second-order valence-corrected chi connectivity index (χ2v) is 7.46. The largest absolute Gasteiger partial charge is 0.381 e. The van der Waals surface area contributed by atoms with E-state index in [1.165, 1.54) is 16.6 Å². The Morgan fingerprint density at radius 3 is 2.73 bits per heavy atom. The minimum Gasteiger partial charge on any atom is -0.381 e. The molecule has 22 heavy (non-hydrogen) atoms. The zero-order chi connectivity index (χ0) is 15.7. The summed E-state index contributed by atoms with van der Waals surface area (Å²) < 4.78 is 1.25. The molecule has 0 spiro atoms. The van der Waals surface area contributed by atoms with Crippen molar-refractivity contribution in [1.82, 2.24) is 9.88 Å². The van der Waals surface area contributed by atoms with E-state index in [4.69, 9.17) is 4.98 Å². The van der Waals surface area contributed by atoms with E-state index in [0.717, 1.165) is 31.4 Å². The molecule has 1 aliphatic heterocycles. The Morgan fingerprint density at radius 1 is 1.41 bits per heavy atom. The summed E-state index contributed by atoms with van der Waals surface area (Å²) in [7, 11) is 0. The summed E-state index contributed by atoms with van der Waals surface area (Å²) in [6.45, 7) is 5.30. The molecule has 1 aliphatic rings. The molecule has 118 valence electrons. The fourth-order valence-electron chi connectivity index (χ4n) is 2.95. The van der Waals surface area contributed by atoms with E-state index in [0.29, 0.717) is 12.5 Å². The number of β-amino-alcohol motifs (C(OH)–C–C–N with tert-alkyl or cyclic N) is 1. The van der Waals surface area contributed by atoms with Gasteiger partial charge in [-0.2, -0.15) is 0 Å². The Hall–Kier alpha value is -1.30. The van der Waals surface area contributed by atoms with Crippen molar-refractivity contribution in [2.24, 2.45) is 0 Å². The van der Waals surface area contributed by atoms with Crippen molar-refractivity contribution in [2.45, 2.75) is 38.2 Å². The Kier molecular flexibility index (Phi) is 4.30. The molecule has 1 N–H and O–H groups in total. The monoisotopic (exact) mass is 318 g/mol. The molecule has 5 heteroatoms. The van der Waals surface area contributed by atoms with Crippen LogP contribution in [0.4, 0.5) is 0 Å². The predicted octanol–water partition coefficient (Wildman–Crippen LogP) is 2.82. The second-order valence-electron chi connectivity index (χ2n) is 6.40. The van der Waals surface area contributed by atoms with Crippen LogP contribution in [0.2, 0.25) is 0 Å². The highest BCUT2D eigenvalue weighted by atomic mass is 32.1. The van der Waals surface area contributed by atoms with Gasteiger partial charge in [-0.05, 0) is 51.9 Å². The number of thiazole rings is 1. The topological polar surface area (TPSA) is 53.4 Å². The number of benzene rings is 1. The van der Waals surface area contributed by atoms with Crippen molar-refractivity contribution in [2.75, 3.05) is 19.6 Å². The highest BCUT2D eigenvalue weighted by Gasteiger charge is 2.31. The van der Waals surface area contributed by atoms with Gasteiger partial charge in [0.05, 0.1) is 15.2 Å². The van der Waals surface area contributed by atoms with Crippen LogP contribution in [0.15, 0.2) is 24.3 Å². The summed E-state index contributed by atoms with van der Waals surface area (Å²) in [5, 5.41) is 11.3. The smallest absolute Gasteiger partial charge is 0.162 e. The van der Waals surface area contributed by atoms with Gasteiger partial charge in [-0.15, -0.1) is 11.3 Å². The van der Waals surface area contributed by atoms with Gasteiger partial charge in [0.25, 0.3) is 0 Å². The number of carbonyl (C=O) groups is 1. The molecule has 1 fully saturated rings. The van der Waals surface area contributed by atoms with Gasteiger partial charge in [-0.1, -0.05) is 12.1 Å². The number of ketones is 1. The van der Waals surface area contributed by atoms with Gasteiger partial charge >= 0.3 is 0 Å². The van der Waals surface area contributed by atoms with Gasteiger partial charge in [0.1, 0.15) is 5.60 Å². The van der Waals surface area contributed by atoms with Crippen LogP contribution in [0.25, 0.3) is 10.2 Å². The van der Waals surface area contributed by atoms with E-state index in [1.807, 2.05) is 6.07 Å². The number of aliphatic hydroxyl groups is 1. The van der Waals surface area contributed by atoms with Crippen molar-refractivity contribution in [3.63, 3.8) is 0 Å². The number of para-hydroxylation sites is 1. The molecule has 0 aliphatic carbocycles. The number of fused-ring (bicyclic) bond motifs is 1. The summed E-state index contributed by atoms with van der Waals surface area (Å²) in [6, 6.07) is 8.26. The minimum atomic E-state index is -1.23. The number of hydrogen-bond acceptors (Lipinski definition) is 5. The number of piperidine rings is 1. The summed E-state index contributed by atoms with van der Waals surface area (Å²) in [4.78, 5) is 18.4. The Morgan fingerprint density at radius 2 is 2.09 bits per heavy atom. The molecular formula is C17H22N2O2S. The van der Waals surface area contributed by atoms with Crippen LogP contribution in [0.5, 0.6) is 0 Å². The second kappa shape index (κ2) is 6.07. The Balaban J connectivity index is 1.63. The lowest BCUT2D eigenvalue weighted by atomic mass is 9.95. The quantitative estimate of drug-likeness (QED) is 0.942. The molecule has 0 radical (unpaired) electrons. The summed E-state index contributed by atoms with van der Waals surface area (Å²) in [6.07, 6.45) is 2.07. The molecule has 1 aromatic carbocycles. The molecule has 4 nitrogen and oxygen atoms in total. The van der Waals surface area contributed by atoms with Crippen molar-refractivity contribution >= 4 is 27.3 Å². The van der Waals surface area contributed by atoms with E-state index in [1.54, 1.807) is 18.3 Å². The average Bonchev–Trinajstić information content (AvgIpc) is 2.91. The van der Waals surface area contributed by atoms with Crippen LogP contribution in [0.1, 0.15) is 37.6 Å². The number of likely N-dealkylation sites (tertiary alicyclic amines) is 1. The van der Waals surface area contributed by atoms with Gasteiger partial charge in [0.15, 0.2) is 5.78 Å². The van der Waals surface area contributed by atoms with Crippen LogP contribution in [0, 0.1) is 0 Å². The number of aromatic nitrogens is 1. The zero-order valence-electron chi connectivity index (χ0n) is 13.1. The molecule has 1 atom stereocenters. The number of rotatable bonds is 4. The van der Waals surface area contributed by atoms with Crippen molar-refractivity contribution in [3.8, 4) is 0 Å². The minimum absolute atomic E-state index is 0.166. The van der Waals surface area contributed by atoms with Crippen LogP contribution in [0.3, 0.4) is 0 Å². The molecule has 0 unspecified atom stereocenters. The number of nitrogens with zero attached hydrogens (tertiary/aromatic N) is 2. The predicted molar refractivity (Wildman–Crippen MR) is 89.3 cm³/mol. The maximum absolute atomic E-state index is 11.4. The Labute approximate surface area is 134 Å². The SMILES string of the molecule is CC(=O)[C@@](C)(O)CN1CCC(c2nc3ccccc3s2)CC1. The molecule has 2 aromatic rings. The number of carbonyl (C=O) groups excluding carboxylic acids is 1. The fraction of sp³-hybridized carbons (Fsp3) is 0.529. The van der Waals surface area contributed by atoms with Gasteiger partial charge in [0.2, 0.25) is 0 Å². The molecule has 3 rings (SSSR count). The van der Waals surface area contributed by atoms with E-state index in [-0.39, 0.29) is 5.78 Å². The normalized spacial score (nSPS) is 20.1.